The summed E-state index contributed by atoms with van der Waals surface area (Å²) in [5.74, 6) is 1.43. The van der Waals surface area contributed by atoms with Crippen molar-refractivity contribution in [3.8, 4) is 22.9 Å². The number of hydrogen-bond donors (Lipinski definition) is 0. The van der Waals surface area contributed by atoms with Gasteiger partial charge in [-0.2, -0.15) is 0 Å². The highest BCUT2D eigenvalue weighted by atomic mass is 16.5. The van der Waals surface area contributed by atoms with Crippen molar-refractivity contribution in [1.29, 1.82) is 0 Å². The zero-order chi connectivity index (χ0) is 22.5. The fourth-order valence-corrected chi connectivity index (χ4v) is 3.58. The van der Waals surface area contributed by atoms with Gasteiger partial charge in [0.05, 0.1) is 19.8 Å². The molecule has 0 atom stereocenters. The topological polar surface area (TPSA) is 84.9 Å². The Morgan fingerprint density at radius 1 is 0.750 bits per heavy atom. The van der Waals surface area contributed by atoms with E-state index in [1.54, 1.807) is 54.6 Å². The van der Waals surface area contributed by atoms with Crippen LogP contribution in [0, 0.1) is 0 Å². The van der Waals surface area contributed by atoms with E-state index in [9.17, 15) is 9.59 Å². The second-order valence-electron chi connectivity index (χ2n) is 7.35. The molecule has 0 bridgehead atoms. The van der Waals surface area contributed by atoms with Crippen LogP contribution < -0.4 is 9.47 Å². The van der Waals surface area contributed by atoms with Crippen molar-refractivity contribution in [2.45, 2.75) is 0 Å². The molecule has 1 aliphatic rings. The minimum absolute atomic E-state index is 0.121. The maximum atomic E-state index is 12.9. The second-order valence-corrected chi connectivity index (χ2v) is 7.35. The molecule has 0 saturated carbocycles. The van der Waals surface area contributed by atoms with E-state index >= 15 is 0 Å². The average Bonchev–Trinajstić information content (AvgIpc) is 2.88. The van der Waals surface area contributed by atoms with Gasteiger partial charge < -0.3 is 19.3 Å². The van der Waals surface area contributed by atoms with Crippen LogP contribution in [0.15, 0.2) is 60.9 Å². The van der Waals surface area contributed by atoms with E-state index in [0.29, 0.717) is 54.6 Å². The summed E-state index contributed by atoms with van der Waals surface area (Å²) in [4.78, 5) is 37.9. The maximum absolute atomic E-state index is 12.9. The summed E-state index contributed by atoms with van der Waals surface area (Å²) in [6.45, 7) is 1.75. The van der Waals surface area contributed by atoms with Gasteiger partial charge in [0.15, 0.2) is 5.82 Å². The molecule has 1 fully saturated rings. The number of nitrogens with zero attached hydrogens (tertiary/aromatic N) is 4. The number of rotatable bonds is 5. The van der Waals surface area contributed by atoms with Gasteiger partial charge in [-0.3, -0.25) is 9.59 Å². The number of benzene rings is 2. The summed E-state index contributed by atoms with van der Waals surface area (Å²) < 4.78 is 10.5. The van der Waals surface area contributed by atoms with Crippen LogP contribution in [0.1, 0.15) is 20.7 Å². The van der Waals surface area contributed by atoms with Gasteiger partial charge in [-0.15, -0.1) is 0 Å². The molecule has 1 aromatic heterocycles. The highest BCUT2D eigenvalue weighted by Gasteiger charge is 2.26. The molecule has 0 aliphatic carbocycles. The Labute approximate surface area is 186 Å². The molecule has 2 heterocycles. The monoisotopic (exact) mass is 432 g/mol. The molecule has 3 aromatic rings. The molecule has 2 aromatic carbocycles. The lowest BCUT2D eigenvalue weighted by molar-refractivity contribution is 0.0534. The summed E-state index contributed by atoms with van der Waals surface area (Å²) in [6.07, 6.45) is 3.11. The Morgan fingerprint density at radius 3 is 1.75 bits per heavy atom. The standard InChI is InChI=1S/C24H24N4O4/c1-31-20-12-18(13-21(14-20)32-2)23(29)27-8-10-28(11-9-27)24(30)19-15-25-22(26-16-19)17-6-4-3-5-7-17/h3-7,12-16H,8-11H2,1-2H3. The first-order valence-corrected chi connectivity index (χ1v) is 10.3. The van der Waals surface area contributed by atoms with E-state index < -0.39 is 0 Å². The maximum Gasteiger partial charge on any atom is 0.257 e. The summed E-state index contributed by atoms with van der Waals surface area (Å²) in [6, 6.07) is 14.7. The van der Waals surface area contributed by atoms with Gasteiger partial charge in [0.1, 0.15) is 11.5 Å². The third-order valence-corrected chi connectivity index (χ3v) is 5.38. The van der Waals surface area contributed by atoms with Crippen molar-refractivity contribution in [1.82, 2.24) is 19.8 Å². The van der Waals surface area contributed by atoms with Gasteiger partial charge in [0.25, 0.3) is 11.8 Å². The van der Waals surface area contributed by atoms with Crippen molar-refractivity contribution < 1.29 is 19.1 Å². The van der Waals surface area contributed by atoms with Crippen molar-refractivity contribution in [2.24, 2.45) is 0 Å². The lowest BCUT2D eigenvalue weighted by Crippen LogP contribution is -2.50. The van der Waals surface area contributed by atoms with Gasteiger partial charge in [-0.05, 0) is 12.1 Å². The second kappa shape index (κ2) is 9.47. The first kappa shape index (κ1) is 21.3. The van der Waals surface area contributed by atoms with Crippen molar-refractivity contribution in [3.63, 3.8) is 0 Å². The first-order valence-electron chi connectivity index (χ1n) is 10.3. The lowest BCUT2D eigenvalue weighted by atomic mass is 10.1. The van der Waals surface area contributed by atoms with E-state index in [2.05, 4.69) is 9.97 Å². The zero-order valence-corrected chi connectivity index (χ0v) is 18.0. The lowest BCUT2D eigenvalue weighted by Gasteiger charge is -2.34. The van der Waals surface area contributed by atoms with E-state index in [4.69, 9.17) is 9.47 Å². The van der Waals surface area contributed by atoms with Crippen LogP contribution in [-0.2, 0) is 0 Å². The van der Waals surface area contributed by atoms with Crippen LogP contribution in [0.25, 0.3) is 11.4 Å². The number of carbonyl (C=O) groups is 2. The van der Waals surface area contributed by atoms with Gasteiger partial charge >= 0.3 is 0 Å². The molecule has 2 amide bonds. The quantitative estimate of drug-likeness (QED) is 0.616. The number of hydrogen-bond acceptors (Lipinski definition) is 6. The molecule has 0 spiro atoms. The number of piperazine rings is 1. The van der Waals surface area contributed by atoms with Crippen molar-refractivity contribution in [3.05, 3.63) is 72.1 Å². The zero-order valence-electron chi connectivity index (χ0n) is 18.0. The van der Waals surface area contributed by atoms with E-state index in [1.165, 1.54) is 0 Å². The Morgan fingerprint density at radius 2 is 1.25 bits per heavy atom. The minimum atomic E-state index is -0.139. The Kier molecular flexibility index (Phi) is 6.30. The van der Waals surface area contributed by atoms with Gasteiger partial charge in [-0.25, -0.2) is 9.97 Å². The molecule has 32 heavy (non-hydrogen) atoms. The molecular weight excluding hydrogens is 408 g/mol. The Balaban J connectivity index is 1.39. The SMILES string of the molecule is COc1cc(OC)cc(C(=O)N2CCN(C(=O)c3cnc(-c4ccccc4)nc3)CC2)c1. The third-order valence-electron chi connectivity index (χ3n) is 5.38. The van der Waals surface area contributed by atoms with E-state index in [-0.39, 0.29) is 11.8 Å². The number of ether oxygens (including phenoxy) is 2. The molecule has 1 aliphatic heterocycles. The van der Waals surface area contributed by atoms with E-state index in [1.807, 2.05) is 30.3 Å². The summed E-state index contributed by atoms with van der Waals surface area (Å²) in [5.41, 5.74) is 1.82. The fourth-order valence-electron chi connectivity index (χ4n) is 3.58. The average molecular weight is 432 g/mol. The molecule has 0 N–H and O–H groups in total. The van der Waals surface area contributed by atoms with Crippen LogP contribution in [0.3, 0.4) is 0 Å². The smallest absolute Gasteiger partial charge is 0.257 e. The van der Waals surface area contributed by atoms with E-state index in [0.717, 1.165) is 5.56 Å². The Hall–Kier alpha value is -3.94. The molecule has 1 saturated heterocycles. The molecule has 0 unspecified atom stereocenters. The molecule has 0 radical (unpaired) electrons. The van der Waals surface area contributed by atoms with Gasteiger partial charge in [-0.1, -0.05) is 30.3 Å². The molecule has 4 rings (SSSR count). The summed E-state index contributed by atoms with van der Waals surface area (Å²) in [7, 11) is 3.09. The van der Waals surface area contributed by atoms with Crippen molar-refractivity contribution >= 4 is 11.8 Å². The van der Waals surface area contributed by atoms with Crippen LogP contribution in [0.2, 0.25) is 0 Å². The molecule has 164 valence electrons. The predicted molar refractivity (Wildman–Crippen MR) is 119 cm³/mol. The van der Waals surface area contributed by atoms with Crippen LogP contribution in [-0.4, -0.2) is 72.0 Å². The van der Waals surface area contributed by atoms with Crippen LogP contribution in [0.4, 0.5) is 0 Å². The molecule has 8 heteroatoms. The van der Waals surface area contributed by atoms with Crippen LogP contribution in [0.5, 0.6) is 11.5 Å². The third kappa shape index (κ3) is 4.54. The largest absolute Gasteiger partial charge is 0.497 e. The van der Waals surface area contributed by atoms with Gasteiger partial charge in [0.2, 0.25) is 0 Å². The fraction of sp³-hybridized carbons (Fsp3) is 0.250. The first-order chi connectivity index (χ1) is 15.6. The number of carbonyl (C=O) groups excluding carboxylic acids is 2. The van der Waals surface area contributed by atoms with Gasteiger partial charge in [0, 0.05) is 55.8 Å². The number of methoxy groups -OCH3 is 2. The highest BCUT2D eigenvalue weighted by molar-refractivity contribution is 5.96. The molecule has 8 nitrogen and oxygen atoms in total. The minimum Gasteiger partial charge on any atom is -0.497 e. The predicted octanol–water partition coefficient (Wildman–Crippen LogP) is 2.76. The Bertz CT molecular complexity index is 1070. The summed E-state index contributed by atoms with van der Waals surface area (Å²) in [5, 5.41) is 0. The molecular formula is C24H24N4O4. The normalized spacial score (nSPS) is 13.6. The van der Waals surface area contributed by atoms with Crippen molar-refractivity contribution in [2.75, 3.05) is 40.4 Å². The van der Waals surface area contributed by atoms with Crippen LogP contribution >= 0.6 is 0 Å². The number of aromatic nitrogens is 2. The number of amides is 2. The summed E-state index contributed by atoms with van der Waals surface area (Å²) >= 11 is 0. The highest BCUT2D eigenvalue weighted by Crippen LogP contribution is 2.24.